The summed E-state index contributed by atoms with van der Waals surface area (Å²) in [5, 5.41) is 9.33. The standard InChI is InChI=1S/C4H4N2.C2H3N3.Cu/c1-2-5-4-6-3-1;1-2-4-5-3-1;/h1-4H;1-2H,(H,3,4,5);. The summed E-state index contributed by atoms with van der Waals surface area (Å²) in [6.07, 6.45) is 8.04. The molecule has 6 heteroatoms. The molecule has 0 amide bonds. The summed E-state index contributed by atoms with van der Waals surface area (Å²) < 4.78 is 0. The van der Waals surface area contributed by atoms with Gasteiger partial charge in [0.1, 0.15) is 6.33 Å². The fourth-order valence-corrected chi connectivity index (χ4v) is 0.420. The Balaban J connectivity index is 0.000000189. The fraction of sp³-hybridized carbons (Fsp3) is 0. The van der Waals surface area contributed by atoms with E-state index < -0.39 is 0 Å². The van der Waals surface area contributed by atoms with Crippen LogP contribution in [-0.4, -0.2) is 25.4 Å². The van der Waals surface area contributed by atoms with Crippen LogP contribution < -0.4 is 0 Å². The second kappa shape index (κ2) is 7.84. The Morgan fingerprint density at radius 1 is 0.833 bits per heavy atom. The second-order valence-corrected chi connectivity index (χ2v) is 1.56. The minimum Gasteiger partial charge on any atom is -0.245 e. The molecule has 0 atom stereocenters. The third-order valence-corrected chi connectivity index (χ3v) is 0.809. The first-order valence-electron chi connectivity index (χ1n) is 3.00. The summed E-state index contributed by atoms with van der Waals surface area (Å²) in [6.45, 7) is 0. The molecule has 0 aliphatic heterocycles. The Morgan fingerprint density at radius 2 is 1.42 bits per heavy atom. The van der Waals surface area contributed by atoms with Gasteiger partial charge in [-0.15, -0.1) is 0 Å². The fourth-order valence-electron chi connectivity index (χ4n) is 0.420. The van der Waals surface area contributed by atoms with Crippen LogP contribution in [0.15, 0.2) is 37.2 Å². The summed E-state index contributed by atoms with van der Waals surface area (Å²) in [7, 11) is 0. The van der Waals surface area contributed by atoms with Gasteiger partial charge in [0.05, 0.1) is 12.4 Å². The van der Waals surface area contributed by atoms with Gasteiger partial charge in [-0.1, -0.05) is 0 Å². The maximum absolute atomic E-state index is 3.67. The zero-order valence-electron chi connectivity index (χ0n) is 6.05. The van der Waals surface area contributed by atoms with Gasteiger partial charge in [-0.25, -0.2) is 9.97 Å². The largest absolute Gasteiger partial charge is 0.245 e. The van der Waals surface area contributed by atoms with Crippen molar-refractivity contribution in [3.8, 4) is 0 Å². The van der Waals surface area contributed by atoms with E-state index in [1.807, 2.05) is 0 Å². The van der Waals surface area contributed by atoms with Crippen molar-refractivity contribution in [3.63, 3.8) is 0 Å². The van der Waals surface area contributed by atoms with Crippen LogP contribution in [0.25, 0.3) is 0 Å². The molecule has 2 aromatic rings. The summed E-state index contributed by atoms with van der Waals surface area (Å²) in [6, 6.07) is 1.78. The van der Waals surface area contributed by atoms with Crippen molar-refractivity contribution in [2.24, 2.45) is 0 Å². The van der Waals surface area contributed by atoms with Crippen molar-refractivity contribution in [2.75, 3.05) is 0 Å². The molecule has 0 bridgehead atoms. The normalized spacial score (nSPS) is 7.33. The van der Waals surface area contributed by atoms with Crippen LogP contribution in [0.3, 0.4) is 0 Å². The quantitative estimate of drug-likeness (QED) is 0.637. The predicted molar refractivity (Wildman–Crippen MR) is 38.4 cm³/mol. The first-order valence-corrected chi connectivity index (χ1v) is 3.00. The third kappa shape index (κ3) is 5.52. The monoisotopic (exact) mass is 212 g/mol. The van der Waals surface area contributed by atoms with Crippen LogP contribution in [0, 0.1) is 0 Å². The molecule has 0 aliphatic carbocycles. The van der Waals surface area contributed by atoms with Crippen LogP contribution >= 0.6 is 0 Å². The van der Waals surface area contributed by atoms with E-state index in [1.165, 1.54) is 6.33 Å². The molecule has 0 saturated heterocycles. The number of hydrogen-bond acceptors (Lipinski definition) is 4. The van der Waals surface area contributed by atoms with Crippen molar-refractivity contribution in [1.29, 1.82) is 0 Å². The summed E-state index contributed by atoms with van der Waals surface area (Å²) in [5.41, 5.74) is 0. The van der Waals surface area contributed by atoms with Crippen molar-refractivity contribution < 1.29 is 17.1 Å². The molecule has 0 unspecified atom stereocenters. The summed E-state index contributed by atoms with van der Waals surface area (Å²) in [5.74, 6) is 0. The zero-order valence-corrected chi connectivity index (χ0v) is 7.00. The molecule has 0 spiro atoms. The average Bonchev–Trinajstić information content (AvgIpc) is 2.64. The van der Waals surface area contributed by atoms with Gasteiger partial charge in [0, 0.05) is 29.5 Å². The Labute approximate surface area is 80.1 Å². The maximum Gasteiger partial charge on any atom is 0.115 e. The molecule has 0 fully saturated rings. The summed E-state index contributed by atoms with van der Waals surface area (Å²) in [4.78, 5) is 7.35. The zero-order chi connectivity index (χ0) is 7.78. The van der Waals surface area contributed by atoms with E-state index in [9.17, 15) is 0 Å². The van der Waals surface area contributed by atoms with Gasteiger partial charge in [-0.05, 0) is 6.07 Å². The molecule has 0 aromatic carbocycles. The molecule has 2 heterocycles. The van der Waals surface area contributed by atoms with Gasteiger partial charge in [0.2, 0.25) is 0 Å². The Kier molecular flexibility index (Phi) is 7.02. The number of hydrogen-bond donors (Lipinski definition) is 1. The topological polar surface area (TPSA) is 67.3 Å². The molecule has 0 saturated carbocycles. The Hall–Kier alpha value is -1.26. The van der Waals surface area contributed by atoms with Gasteiger partial charge in [-0.3, -0.25) is 0 Å². The molecule has 1 N–H and O–H groups in total. The van der Waals surface area contributed by atoms with Gasteiger partial charge >= 0.3 is 0 Å². The minimum absolute atomic E-state index is 0. The molecule has 67 valence electrons. The van der Waals surface area contributed by atoms with E-state index in [4.69, 9.17) is 0 Å². The number of aromatic nitrogens is 5. The number of nitrogens with zero attached hydrogens (tertiary/aromatic N) is 4. The van der Waals surface area contributed by atoms with Gasteiger partial charge in [0.15, 0.2) is 0 Å². The molecular weight excluding hydrogens is 206 g/mol. The molecule has 5 nitrogen and oxygen atoms in total. The van der Waals surface area contributed by atoms with Crippen molar-refractivity contribution in [2.45, 2.75) is 0 Å². The molecule has 2 aromatic heterocycles. The Bertz CT molecular complexity index is 202. The number of rotatable bonds is 0. The molecule has 0 aliphatic rings. The van der Waals surface area contributed by atoms with Crippen LogP contribution in [0.1, 0.15) is 0 Å². The number of H-pyrrole nitrogens is 1. The van der Waals surface area contributed by atoms with Gasteiger partial charge < -0.3 is 0 Å². The van der Waals surface area contributed by atoms with Crippen LogP contribution in [0.2, 0.25) is 0 Å². The second-order valence-electron chi connectivity index (χ2n) is 1.56. The van der Waals surface area contributed by atoms with Crippen LogP contribution in [0.4, 0.5) is 0 Å². The first-order chi connectivity index (χ1) is 5.50. The Morgan fingerprint density at radius 3 is 1.58 bits per heavy atom. The van der Waals surface area contributed by atoms with E-state index in [1.54, 1.807) is 30.9 Å². The van der Waals surface area contributed by atoms with E-state index in [0.29, 0.717) is 0 Å². The molecule has 2 rings (SSSR count). The molecule has 12 heavy (non-hydrogen) atoms. The molecular formula is C6H7CuN5. The molecule has 1 radical (unpaired) electrons. The first kappa shape index (κ1) is 10.7. The van der Waals surface area contributed by atoms with Crippen molar-refractivity contribution >= 4 is 0 Å². The minimum atomic E-state index is 0. The van der Waals surface area contributed by atoms with E-state index in [-0.39, 0.29) is 17.1 Å². The maximum atomic E-state index is 3.67. The van der Waals surface area contributed by atoms with E-state index in [2.05, 4.69) is 25.4 Å². The van der Waals surface area contributed by atoms with E-state index >= 15 is 0 Å². The van der Waals surface area contributed by atoms with Crippen LogP contribution in [0.5, 0.6) is 0 Å². The smallest absolute Gasteiger partial charge is 0.115 e. The van der Waals surface area contributed by atoms with Crippen LogP contribution in [-0.2, 0) is 17.1 Å². The number of nitrogens with one attached hydrogen (secondary N) is 1. The van der Waals surface area contributed by atoms with E-state index in [0.717, 1.165) is 0 Å². The van der Waals surface area contributed by atoms with Gasteiger partial charge in [-0.2, -0.15) is 15.4 Å². The predicted octanol–water partition coefficient (Wildman–Crippen LogP) is 0.279. The number of aromatic amines is 1. The van der Waals surface area contributed by atoms with Crippen molar-refractivity contribution in [3.05, 3.63) is 37.2 Å². The third-order valence-electron chi connectivity index (χ3n) is 0.809. The van der Waals surface area contributed by atoms with Gasteiger partial charge in [0.25, 0.3) is 0 Å². The summed E-state index contributed by atoms with van der Waals surface area (Å²) >= 11 is 0. The SMILES string of the molecule is [Cu].c1cn[nH]n1.c1cncnc1. The van der Waals surface area contributed by atoms with Crippen molar-refractivity contribution in [1.82, 2.24) is 25.4 Å². The average molecular weight is 213 g/mol.